The first-order valence-corrected chi connectivity index (χ1v) is 11.3. The number of nitrogens with one attached hydrogen (secondary N) is 1. The van der Waals surface area contributed by atoms with E-state index < -0.39 is 17.8 Å². The van der Waals surface area contributed by atoms with Crippen LogP contribution in [0.5, 0.6) is 5.75 Å². The van der Waals surface area contributed by atoms with E-state index in [1.165, 1.54) is 11.0 Å². The van der Waals surface area contributed by atoms with Gasteiger partial charge in [0.05, 0.1) is 17.9 Å². The van der Waals surface area contributed by atoms with Crippen molar-refractivity contribution in [2.75, 3.05) is 11.9 Å². The van der Waals surface area contributed by atoms with Crippen LogP contribution >= 0.6 is 11.6 Å². The van der Waals surface area contributed by atoms with E-state index in [1.807, 2.05) is 54.6 Å². The molecule has 0 saturated heterocycles. The quantitative estimate of drug-likeness (QED) is 0.311. The first-order valence-electron chi connectivity index (χ1n) is 10.9. The fraction of sp³-hybridized carbons (Fsp3) is 0.269. The fourth-order valence-electron chi connectivity index (χ4n) is 3.30. The van der Waals surface area contributed by atoms with Gasteiger partial charge >= 0.3 is 12.2 Å². The standard InChI is InChI=1S/C26H26ClF3N2O2/c1-2-3-15-34-22-12-9-20(10-13-22)18-32(17-19-7-5-4-6-8-19)25(33)31-24-14-11-21(27)16-23(24)26(28,29)30/h4-14,16H,2-3,15,17-18H2,1H3,(H,31,33). The highest BCUT2D eigenvalue weighted by Gasteiger charge is 2.34. The molecule has 3 aromatic carbocycles. The predicted molar refractivity (Wildman–Crippen MR) is 128 cm³/mol. The lowest BCUT2D eigenvalue weighted by Gasteiger charge is -2.25. The highest BCUT2D eigenvalue weighted by molar-refractivity contribution is 6.30. The van der Waals surface area contributed by atoms with Gasteiger partial charge in [-0.25, -0.2) is 4.79 Å². The molecule has 0 bridgehead atoms. The molecule has 0 aromatic heterocycles. The number of ether oxygens (including phenoxy) is 1. The molecule has 3 rings (SSSR count). The number of hydrogen-bond donors (Lipinski definition) is 1. The number of nitrogens with zero attached hydrogens (tertiary/aromatic N) is 1. The summed E-state index contributed by atoms with van der Waals surface area (Å²) < 4.78 is 46.1. The Morgan fingerprint density at radius 1 is 0.971 bits per heavy atom. The van der Waals surface area contributed by atoms with E-state index in [0.29, 0.717) is 6.61 Å². The van der Waals surface area contributed by atoms with Crippen molar-refractivity contribution < 1.29 is 22.7 Å². The predicted octanol–water partition coefficient (Wildman–Crippen LogP) is 7.77. The highest BCUT2D eigenvalue weighted by atomic mass is 35.5. The minimum Gasteiger partial charge on any atom is -0.494 e. The Morgan fingerprint density at radius 3 is 2.24 bits per heavy atom. The average molecular weight is 491 g/mol. The summed E-state index contributed by atoms with van der Waals surface area (Å²) in [5.74, 6) is 0.729. The molecule has 0 atom stereocenters. The van der Waals surface area contributed by atoms with Crippen LogP contribution in [0, 0.1) is 0 Å². The first kappa shape index (κ1) is 25.4. The maximum Gasteiger partial charge on any atom is 0.418 e. The van der Waals surface area contributed by atoms with E-state index in [2.05, 4.69) is 12.2 Å². The van der Waals surface area contributed by atoms with E-state index in [-0.39, 0.29) is 23.8 Å². The van der Waals surface area contributed by atoms with Gasteiger partial charge in [-0.15, -0.1) is 0 Å². The normalized spacial score (nSPS) is 11.2. The zero-order valence-corrected chi connectivity index (χ0v) is 19.5. The van der Waals surface area contributed by atoms with Crippen LogP contribution in [0.3, 0.4) is 0 Å². The van der Waals surface area contributed by atoms with Crippen LogP contribution in [0.1, 0.15) is 36.5 Å². The molecule has 1 N–H and O–H groups in total. The van der Waals surface area contributed by atoms with Gasteiger partial charge in [0.15, 0.2) is 0 Å². The van der Waals surface area contributed by atoms with Crippen LogP contribution in [0.25, 0.3) is 0 Å². The van der Waals surface area contributed by atoms with E-state index in [1.54, 1.807) is 0 Å². The van der Waals surface area contributed by atoms with E-state index in [9.17, 15) is 18.0 Å². The minimum atomic E-state index is -4.66. The summed E-state index contributed by atoms with van der Waals surface area (Å²) in [6.07, 6.45) is -2.67. The van der Waals surface area contributed by atoms with Gasteiger partial charge in [-0.05, 0) is 47.9 Å². The molecule has 0 unspecified atom stereocenters. The van der Waals surface area contributed by atoms with Crippen molar-refractivity contribution in [1.82, 2.24) is 4.90 Å². The lowest BCUT2D eigenvalue weighted by atomic mass is 10.1. The number of rotatable bonds is 9. The van der Waals surface area contributed by atoms with Crippen LogP contribution in [0.15, 0.2) is 72.8 Å². The third-order valence-electron chi connectivity index (χ3n) is 5.10. The van der Waals surface area contributed by atoms with E-state index in [4.69, 9.17) is 16.3 Å². The zero-order valence-electron chi connectivity index (χ0n) is 18.7. The Kier molecular flexibility index (Phi) is 8.82. The maximum absolute atomic E-state index is 13.5. The van der Waals surface area contributed by atoms with Gasteiger partial charge in [0, 0.05) is 18.1 Å². The number of benzene rings is 3. The molecular formula is C26H26ClF3N2O2. The minimum absolute atomic E-state index is 0.0623. The molecule has 4 nitrogen and oxygen atoms in total. The smallest absolute Gasteiger partial charge is 0.418 e. The zero-order chi connectivity index (χ0) is 24.6. The molecule has 0 fully saturated rings. The monoisotopic (exact) mass is 490 g/mol. The molecule has 3 aromatic rings. The molecule has 2 amide bonds. The summed E-state index contributed by atoms with van der Waals surface area (Å²) in [7, 11) is 0. The number of halogens is 4. The Morgan fingerprint density at radius 2 is 1.62 bits per heavy atom. The van der Waals surface area contributed by atoms with Crippen molar-refractivity contribution in [3.63, 3.8) is 0 Å². The van der Waals surface area contributed by atoms with Crippen LogP contribution in [-0.4, -0.2) is 17.5 Å². The fourth-order valence-corrected chi connectivity index (χ4v) is 3.48. The number of carbonyl (C=O) groups is 1. The molecule has 34 heavy (non-hydrogen) atoms. The summed E-state index contributed by atoms with van der Waals surface area (Å²) in [5, 5.41) is 2.35. The number of anilines is 1. The second-order valence-electron chi connectivity index (χ2n) is 7.81. The molecule has 0 aliphatic heterocycles. The third-order valence-corrected chi connectivity index (χ3v) is 5.33. The Balaban J connectivity index is 1.80. The average Bonchev–Trinajstić information content (AvgIpc) is 2.81. The van der Waals surface area contributed by atoms with Crippen molar-refractivity contribution >= 4 is 23.3 Å². The maximum atomic E-state index is 13.5. The third kappa shape index (κ3) is 7.42. The van der Waals surface area contributed by atoms with Gasteiger partial charge in [0.1, 0.15) is 5.75 Å². The van der Waals surface area contributed by atoms with Gasteiger partial charge in [0.2, 0.25) is 0 Å². The van der Waals surface area contributed by atoms with E-state index >= 15 is 0 Å². The van der Waals surface area contributed by atoms with Gasteiger partial charge in [-0.2, -0.15) is 13.2 Å². The Labute approximate surface area is 202 Å². The molecule has 0 heterocycles. The number of alkyl halides is 3. The Bertz CT molecular complexity index is 1070. The van der Waals surface area contributed by atoms with E-state index in [0.717, 1.165) is 41.9 Å². The summed E-state index contributed by atoms with van der Waals surface area (Å²) in [6.45, 7) is 3.13. The molecule has 8 heteroatoms. The second kappa shape index (κ2) is 11.8. The summed E-state index contributed by atoms with van der Waals surface area (Å²) in [6, 6.07) is 19.2. The first-order chi connectivity index (χ1) is 16.3. The van der Waals surface area contributed by atoms with Gasteiger partial charge in [0.25, 0.3) is 0 Å². The van der Waals surface area contributed by atoms with Crippen molar-refractivity contribution in [2.24, 2.45) is 0 Å². The summed E-state index contributed by atoms with van der Waals surface area (Å²) >= 11 is 5.76. The largest absolute Gasteiger partial charge is 0.494 e. The lowest BCUT2D eigenvalue weighted by Crippen LogP contribution is -2.34. The lowest BCUT2D eigenvalue weighted by molar-refractivity contribution is -0.136. The molecule has 0 radical (unpaired) electrons. The molecular weight excluding hydrogens is 465 g/mol. The molecule has 0 saturated carbocycles. The number of carbonyl (C=O) groups excluding carboxylic acids is 1. The summed E-state index contributed by atoms with van der Waals surface area (Å²) in [4.78, 5) is 14.6. The molecule has 0 aliphatic carbocycles. The molecule has 0 aliphatic rings. The summed E-state index contributed by atoms with van der Waals surface area (Å²) in [5.41, 5.74) is 0.326. The highest BCUT2D eigenvalue weighted by Crippen LogP contribution is 2.36. The van der Waals surface area contributed by atoms with Gasteiger partial charge in [-0.1, -0.05) is 67.4 Å². The SMILES string of the molecule is CCCCOc1ccc(CN(Cc2ccccc2)C(=O)Nc2ccc(Cl)cc2C(F)(F)F)cc1. The van der Waals surface area contributed by atoms with Crippen molar-refractivity contribution in [3.05, 3.63) is 94.5 Å². The molecule has 0 spiro atoms. The van der Waals surface area contributed by atoms with Crippen LogP contribution in [0.2, 0.25) is 5.02 Å². The topological polar surface area (TPSA) is 41.6 Å². The number of amides is 2. The number of hydrogen-bond acceptors (Lipinski definition) is 2. The van der Waals surface area contributed by atoms with Crippen molar-refractivity contribution in [1.29, 1.82) is 0 Å². The van der Waals surface area contributed by atoms with Crippen molar-refractivity contribution in [3.8, 4) is 5.75 Å². The molecule has 180 valence electrons. The van der Waals surface area contributed by atoms with Crippen LogP contribution < -0.4 is 10.1 Å². The van der Waals surface area contributed by atoms with Crippen molar-refractivity contribution in [2.45, 2.75) is 39.0 Å². The van der Waals surface area contributed by atoms with Crippen LogP contribution in [-0.2, 0) is 19.3 Å². The Hall–Kier alpha value is -3.19. The van der Waals surface area contributed by atoms with Gasteiger partial charge in [-0.3, -0.25) is 0 Å². The number of urea groups is 1. The second-order valence-corrected chi connectivity index (χ2v) is 8.24. The van der Waals surface area contributed by atoms with Gasteiger partial charge < -0.3 is 15.0 Å². The van der Waals surface area contributed by atoms with Crippen LogP contribution in [0.4, 0.5) is 23.7 Å². The number of unbranched alkanes of at least 4 members (excludes halogenated alkanes) is 1.